The molecular weight excluding hydrogens is 256 g/mol. The Morgan fingerprint density at radius 3 is 2.35 bits per heavy atom. The molecule has 0 bridgehead atoms. The molecule has 2 fully saturated rings. The number of amides is 2. The number of hydrogen-bond donors (Lipinski definition) is 3. The van der Waals surface area contributed by atoms with Crippen molar-refractivity contribution in [3.63, 3.8) is 0 Å². The van der Waals surface area contributed by atoms with E-state index in [9.17, 15) is 14.7 Å². The molecule has 2 amide bonds. The standard InChI is InChI=1S/C15H26N2O3/c18-13(17-11-15(20)8-4-9-15)7-10-16-14(19)12-5-2-1-3-6-12/h12,20H,1-11H2,(H,16,19)(H,17,18). The van der Waals surface area contributed by atoms with Crippen LogP contribution in [-0.2, 0) is 9.59 Å². The second-order valence-corrected chi connectivity index (χ2v) is 6.23. The van der Waals surface area contributed by atoms with Gasteiger partial charge >= 0.3 is 0 Å². The number of aliphatic hydroxyl groups is 1. The Hall–Kier alpha value is -1.10. The number of carbonyl (C=O) groups is 2. The van der Waals surface area contributed by atoms with Crippen molar-refractivity contribution in [3.05, 3.63) is 0 Å². The van der Waals surface area contributed by atoms with E-state index in [1.165, 1.54) is 6.42 Å². The van der Waals surface area contributed by atoms with Crippen LogP contribution in [0.25, 0.3) is 0 Å². The highest BCUT2D eigenvalue weighted by atomic mass is 16.3. The molecule has 0 aromatic heterocycles. The van der Waals surface area contributed by atoms with Crippen molar-refractivity contribution in [3.8, 4) is 0 Å². The van der Waals surface area contributed by atoms with Gasteiger partial charge in [-0.3, -0.25) is 9.59 Å². The lowest BCUT2D eigenvalue weighted by Crippen LogP contribution is -2.48. The van der Waals surface area contributed by atoms with Gasteiger partial charge in [-0.2, -0.15) is 0 Å². The maximum atomic E-state index is 11.9. The van der Waals surface area contributed by atoms with Gasteiger partial charge in [0.05, 0.1) is 5.60 Å². The van der Waals surface area contributed by atoms with Crippen LogP contribution in [0.3, 0.4) is 0 Å². The summed E-state index contributed by atoms with van der Waals surface area (Å²) in [7, 11) is 0. The minimum Gasteiger partial charge on any atom is -0.388 e. The molecule has 0 radical (unpaired) electrons. The molecule has 5 heteroatoms. The fraction of sp³-hybridized carbons (Fsp3) is 0.867. The van der Waals surface area contributed by atoms with Crippen LogP contribution in [0.5, 0.6) is 0 Å². The van der Waals surface area contributed by atoms with Crippen molar-refractivity contribution in [2.45, 2.75) is 63.4 Å². The van der Waals surface area contributed by atoms with Gasteiger partial charge in [0.1, 0.15) is 0 Å². The van der Waals surface area contributed by atoms with Gasteiger partial charge in [-0.05, 0) is 32.1 Å². The fourth-order valence-electron chi connectivity index (χ4n) is 2.92. The van der Waals surface area contributed by atoms with E-state index in [-0.39, 0.29) is 24.2 Å². The van der Waals surface area contributed by atoms with Gasteiger partial charge in [0.25, 0.3) is 0 Å². The highest BCUT2D eigenvalue weighted by molar-refractivity contribution is 5.80. The van der Waals surface area contributed by atoms with E-state index in [1.807, 2.05) is 0 Å². The van der Waals surface area contributed by atoms with Crippen molar-refractivity contribution in [2.75, 3.05) is 13.1 Å². The van der Waals surface area contributed by atoms with Crippen LogP contribution in [0.15, 0.2) is 0 Å². The summed E-state index contributed by atoms with van der Waals surface area (Å²) in [6, 6.07) is 0. The predicted molar refractivity (Wildman–Crippen MR) is 76.0 cm³/mol. The molecule has 114 valence electrons. The average molecular weight is 282 g/mol. The Morgan fingerprint density at radius 1 is 1.05 bits per heavy atom. The molecule has 0 aromatic rings. The van der Waals surface area contributed by atoms with E-state index < -0.39 is 5.60 Å². The van der Waals surface area contributed by atoms with Crippen molar-refractivity contribution < 1.29 is 14.7 Å². The van der Waals surface area contributed by atoms with Crippen molar-refractivity contribution in [1.29, 1.82) is 0 Å². The van der Waals surface area contributed by atoms with Crippen LogP contribution in [0, 0.1) is 5.92 Å². The highest BCUT2D eigenvalue weighted by Crippen LogP contribution is 2.30. The summed E-state index contributed by atoms with van der Waals surface area (Å²) in [5.74, 6) is 0.131. The molecule has 5 nitrogen and oxygen atoms in total. The summed E-state index contributed by atoms with van der Waals surface area (Å²) in [5.41, 5.74) is -0.680. The molecule has 0 aliphatic heterocycles. The Kier molecular flexibility index (Phi) is 5.40. The molecular formula is C15H26N2O3. The van der Waals surface area contributed by atoms with Crippen molar-refractivity contribution >= 4 is 11.8 Å². The lowest BCUT2D eigenvalue weighted by atomic mass is 9.80. The molecule has 0 spiro atoms. The smallest absolute Gasteiger partial charge is 0.223 e. The lowest BCUT2D eigenvalue weighted by molar-refractivity contribution is -0.126. The first kappa shape index (κ1) is 15.3. The highest BCUT2D eigenvalue weighted by Gasteiger charge is 2.34. The zero-order chi connectivity index (χ0) is 14.4. The third-order valence-corrected chi connectivity index (χ3v) is 4.53. The van der Waals surface area contributed by atoms with Crippen LogP contribution < -0.4 is 10.6 Å². The summed E-state index contributed by atoms with van der Waals surface area (Å²) in [4.78, 5) is 23.5. The van der Waals surface area contributed by atoms with Gasteiger partial charge in [-0.1, -0.05) is 19.3 Å². The van der Waals surface area contributed by atoms with Gasteiger partial charge in [-0.15, -0.1) is 0 Å². The molecule has 2 aliphatic rings. The number of nitrogens with one attached hydrogen (secondary N) is 2. The van der Waals surface area contributed by atoms with Gasteiger partial charge in [0.15, 0.2) is 0 Å². The first-order chi connectivity index (χ1) is 9.59. The lowest BCUT2D eigenvalue weighted by Gasteiger charge is -2.36. The third-order valence-electron chi connectivity index (χ3n) is 4.53. The van der Waals surface area contributed by atoms with Crippen LogP contribution >= 0.6 is 0 Å². The number of hydrogen-bond acceptors (Lipinski definition) is 3. The molecule has 20 heavy (non-hydrogen) atoms. The van der Waals surface area contributed by atoms with Gasteiger partial charge in [0, 0.05) is 25.4 Å². The summed E-state index contributed by atoms with van der Waals surface area (Å²) < 4.78 is 0. The number of rotatable bonds is 6. The van der Waals surface area contributed by atoms with E-state index in [0.717, 1.165) is 44.9 Å². The molecule has 3 N–H and O–H groups in total. The molecule has 2 saturated carbocycles. The van der Waals surface area contributed by atoms with E-state index in [1.54, 1.807) is 0 Å². The van der Waals surface area contributed by atoms with Crippen LogP contribution in [0.2, 0.25) is 0 Å². The van der Waals surface area contributed by atoms with E-state index in [2.05, 4.69) is 10.6 Å². The van der Waals surface area contributed by atoms with Gasteiger partial charge < -0.3 is 15.7 Å². The summed E-state index contributed by atoms with van der Waals surface area (Å²) in [6.07, 6.45) is 8.31. The minimum absolute atomic E-state index is 0.0927. The second kappa shape index (κ2) is 7.07. The molecule has 2 rings (SSSR count). The summed E-state index contributed by atoms with van der Waals surface area (Å²) in [6.45, 7) is 0.724. The normalized spacial score (nSPS) is 21.9. The maximum Gasteiger partial charge on any atom is 0.223 e. The van der Waals surface area contributed by atoms with Crippen molar-refractivity contribution in [1.82, 2.24) is 10.6 Å². The average Bonchev–Trinajstić information content (AvgIpc) is 2.44. The Bertz CT molecular complexity index is 347. The van der Waals surface area contributed by atoms with Crippen LogP contribution in [-0.4, -0.2) is 35.6 Å². The SMILES string of the molecule is O=C(CCNC(=O)C1CCCCC1)NCC1(O)CCC1. The molecule has 0 atom stereocenters. The van der Waals surface area contributed by atoms with E-state index in [4.69, 9.17) is 0 Å². The summed E-state index contributed by atoms with van der Waals surface area (Å²) in [5, 5.41) is 15.4. The zero-order valence-electron chi connectivity index (χ0n) is 12.1. The molecule has 0 aromatic carbocycles. The summed E-state index contributed by atoms with van der Waals surface area (Å²) >= 11 is 0. The fourth-order valence-corrected chi connectivity index (χ4v) is 2.92. The Balaban J connectivity index is 1.55. The number of carbonyl (C=O) groups excluding carboxylic acids is 2. The quantitative estimate of drug-likeness (QED) is 0.683. The zero-order valence-corrected chi connectivity index (χ0v) is 12.1. The molecule has 0 heterocycles. The van der Waals surface area contributed by atoms with Crippen LogP contribution in [0.1, 0.15) is 57.8 Å². The molecule has 2 aliphatic carbocycles. The van der Waals surface area contributed by atoms with E-state index in [0.29, 0.717) is 13.1 Å². The monoisotopic (exact) mass is 282 g/mol. The second-order valence-electron chi connectivity index (χ2n) is 6.23. The van der Waals surface area contributed by atoms with Crippen LogP contribution in [0.4, 0.5) is 0 Å². The first-order valence-corrected chi connectivity index (χ1v) is 7.86. The third kappa shape index (κ3) is 4.47. The maximum absolute atomic E-state index is 11.9. The largest absolute Gasteiger partial charge is 0.388 e. The van der Waals surface area contributed by atoms with E-state index >= 15 is 0 Å². The predicted octanol–water partition coefficient (Wildman–Crippen LogP) is 1.10. The van der Waals surface area contributed by atoms with Gasteiger partial charge in [0.2, 0.25) is 11.8 Å². The molecule has 0 saturated heterocycles. The minimum atomic E-state index is -0.680. The molecule has 0 unspecified atom stereocenters. The Labute approximate surface area is 120 Å². The first-order valence-electron chi connectivity index (χ1n) is 7.86. The van der Waals surface area contributed by atoms with Gasteiger partial charge in [-0.25, -0.2) is 0 Å². The van der Waals surface area contributed by atoms with Crippen molar-refractivity contribution in [2.24, 2.45) is 5.92 Å². The topological polar surface area (TPSA) is 78.4 Å². The Morgan fingerprint density at radius 2 is 1.75 bits per heavy atom.